The molecule has 0 radical (unpaired) electrons. The van der Waals surface area contributed by atoms with Gasteiger partial charge in [-0.25, -0.2) is 4.79 Å². The first kappa shape index (κ1) is 21.3. The van der Waals surface area contributed by atoms with Crippen molar-refractivity contribution in [2.45, 2.75) is 11.6 Å². The van der Waals surface area contributed by atoms with E-state index >= 15 is 0 Å². The normalized spacial score (nSPS) is 10.6. The number of anilines is 1. The van der Waals surface area contributed by atoms with Gasteiger partial charge >= 0.3 is 5.97 Å². The van der Waals surface area contributed by atoms with E-state index in [0.29, 0.717) is 17.3 Å². The van der Waals surface area contributed by atoms with Gasteiger partial charge in [0, 0.05) is 17.8 Å². The van der Waals surface area contributed by atoms with Crippen LogP contribution in [0.25, 0.3) is 5.69 Å². The summed E-state index contributed by atoms with van der Waals surface area (Å²) in [6.45, 7) is 0. The molecule has 0 aliphatic heterocycles. The molecule has 4 rings (SSSR count). The van der Waals surface area contributed by atoms with Crippen LogP contribution in [-0.2, 0) is 11.2 Å². The Morgan fingerprint density at radius 3 is 2.34 bits per heavy atom. The lowest BCUT2D eigenvalue weighted by Gasteiger charge is -2.10. The molecule has 0 aliphatic rings. The number of benzene rings is 3. The highest BCUT2D eigenvalue weighted by Crippen LogP contribution is 2.24. The first-order valence-electron chi connectivity index (χ1n) is 9.90. The summed E-state index contributed by atoms with van der Waals surface area (Å²) in [7, 11) is 0. The lowest BCUT2D eigenvalue weighted by molar-refractivity contribution is -0.113. The second kappa shape index (κ2) is 9.93. The van der Waals surface area contributed by atoms with Crippen molar-refractivity contribution < 1.29 is 14.7 Å². The first-order chi connectivity index (χ1) is 15.6. The Morgan fingerprint density at radius 1 is 0.906 bits per heavy atom. The molecule has 0 fully saturated rings. The van der Waals surface area contributed by atoms with Crippen molar-refractivity contribution in [2.75, 3.05) is 11.1 Å². The number of hydrogen-bond donors (Lipinski definition) is 2. The van der Waals surface area contributed by atoms with Crippen LogP contribution < -0.4 is 5.32 Å². The minimum Gasteiger partial charge on any atom is -0.478 e. The first-order valence-corrected chi connectivity index (χ1v) is 10.9. The van der Waals surface area contributed by atoms with Crippen LogP contribution in [0.2, 0.25) is 0 Å². The van der Waals surface area contributed by atoms with Crippen molar-refractivity contribution in [3.05, 3.63) is 102 Å². The molecule has 0 saturated carbocycles. The molecule has 4 aromatic rings. The Balaban J connectivity index is 1.51. The zero-order chi connectivity index (χ0) is 22.3. The number of carbonyl (C=O) groups is 2. The van der Waals surface area contributed by atoms with Gasteiger partial charge in [0.05, 0.1) is 11.3 Å². The fraction of sp³-hybridized carbons (Fsp3) is 0.0833. The third-order valence-corrected chi connectivity index (χ3v) is 5.57. The van der Waals surface area contributed by atoms with Crippen LogP contribution in [-0.4, -0.2) is 37.5 Å². The number of aromatic carboxylic acids is 1. The average Bonchev–Trinajstić information content (AvgIpc) is 3.21. The van der Waals surface area contributed by atoms with Gasteiger partial charge in [-0.2, -0.15) is 0 Å². The van der Waals surface area contributed by atoms with E-state index in [4.69, 9.17) is 5.11 Å². The smallest absolute Gasteiger partial charge is 0.335 e. The molecule has 32 heavy (non-hydrogen) atoms. The highest BCUT2D eigenvalue weighted by Gasteiger charge is 2.16. The molecule has 0 spiro atoms. The molecule has 160 valence electrons. The maximum atomic E-state index is 12.5. The summed E-state index contributed by atoms with van der Waals surface area (Å²) in [5.74, 6) is -0.422. The van der Waals surface area contributed by atoms with Crippen molar-refractivity contribution >= 4 is 29.3 Å². The van der Waals surface area contributed by atoms with Crippen LogP contribution in [0.3, 0.4) is 0 Å². The molecule has 2 N–H and O–H groups in total. The van der Waals surface area contributed by atoms with Crippen molar-refractivity contribution in [3.63, 3.8) is 0 Å². The summed E-state index contributed by atoms with van der Waals surface area (Å²) in [6.07, 6.45) is 0.609. The molecule has 0 saturated heterocycles. The number of amides is 1. The number of para-hydroxylation sites is 1. The lowest BCUT2D eigenvalue weighted by atomic mass is 10.1. The molecular weight excluding hydrogens is 424 g/mol. The number of carboxylic acids is 1. The molecule has 8 heteroatoms. The number of thioether (sulfide) groups is 1. The van der Waals surface area contributed by atoms with E-state index in [1.807, 2.05) is 65.2 Å². The van der Waals surface area contributed by atoms with E-state index in [-0.39, 0.29) is 17.2 Å². The summed E-state index contributed by atoms with van der Waals surface area (Å²) in [6, 6.07) is 25.9. The molecule has 0 unspecified atom stereocenters. The largest absolute Gasteiger partial charge is 0.478 e. The predicted octanol–water partition coefficient (Wildman–Crippen LogP) is 4.29. The Hall–Kier alpha value is -3.91. The Kier molecular flexibility index (Phi) is 6.62. The number of rotatable bonds is 8. The maximum absolute atomic E-state index is 12.5. The number of aromatic nitrogens is 3. The summed E-state index contributed by atoms with van der Waals surface area (Å²) < 4.78 is 1.95. The standard InChI is InChI=1S/C24H20N4O3S/c29-22(25-19-11-7-10-18(15-19)23(30)31)16-32-24-27-26-21(14-17-8-3-1-4-9-17)28(24)20-12-5-2-6-13-20/h1-13,15H,14,16H2,(H,25,29)(H,30,31). The molecule has 7 nitrogen and oxygen atoms in total. The van der Waals surface area contributed by atoms with Crippen LogP contribution >= 0.6 is 11.8 Å². The lowest BCUT2D eigenvalue weighted by Crippen LogP contribution is -2.15. The van der Waals surface area contributed by atoms with Crippen LogP contribution in [0, 0.1) is 0 Å². The van der Waals surface area contributed by atoms with Gasteiger partial charge in [0.25, 0.3) is 0 Å². The fourth-order valence-corrected chi connectivity index (χ4v) is 3.95. The number of nitrogens with zero attached hydrogens (tertiary/aromatic N) is 3. The average molecular weight is 445 g/mol. The van der Waals surface area contributed by atoms with Crippen molar-refractivity contribution in [1.82, 2.24) is 14.8 Å². The summed E-state index contributed by atoms with van der Waals surface area (Å²) >= 11 is 1.27. The number of hydrogen-bond acceptors (Lipinski definition) is 5. The van der Waals surface area contributed by atoms with Gasteiger partial charge in [0.2, 0.25) is 5.91 Å². The predicted molar refractivity (Wildman–Crippen MR) is 123 cm³/mol. The molecule has 0 bridgehead atoms. The third-order valence-electron chi connectivity index (χ3n) is 4.65. The zero-order valence-electron chi connectivity index (χ0n) is 17.0. The second-order valence-corrected chi connectivity index (χ2v) is 7.90. The van der Waals surface area contributed by atoms with Crippen molar-refractivity contribution in [3.8, 4) is 5.69 Å². The molecule has 0 atom stereocenters. The van der Waals surface area contributed by atoms with Crippen LogP contribution in [0.15, 0.2) is 90.1 Å². The quantitative estimate of drug-likeness (QED) is 0.394. The van der Waals surface area contributed by atoms with Gasteiger partial charge in [0.1, 0.15) is 5.82 Å². The maximum Gasteiger partial charge on any atom is 0.335 e. The van der Waals surface area contributed by atoms with Gasteiger partial charge < -0.3 is 10.4 Å². The third kappa shape index (κ3) is 5.22. The molecule has 3 aromatic carbocycles. The number of carboxylic acid groups (broad SMARTS) is 1. The minimum atomic E-state index is -1.04. The van der Waals surface area contributed by atoms with Crippen molar-refractivity contribution in [2.24, 2.45) is 0 Å². The summed E-state index contributed by atoms with van der Waals surface area (Å²) in [4.78, 5) is 23.6. The molecular formula is C24H20N4O3S. The van der Waals surface area contributed by atoms with Gasteiger partial charge in [0.15, 0.2) is 5.16 Å². The Labute approximate surface area is 189 Å². The summed E-state index contributed by atoms with van der Waals surface area (Å²) in [5, 5.41) is 21.1. The van der Waals surface area contributed by atoms with Crippen LogP contribution in [0.5, 0.6) is 0 Å². The van der Waals surface area contributed by atoms with Crippen molar-refractivity contribution in [1.29, 1.82) is 0 Å². The highest BCUT2D eigenvalue weighted by molar-refractivity contribution is 7.99. The molecule has 1 amide bonds. The van der Waals surface area contributed by atoms with Gasteiger partial charge in [-0.1, -0.05) is 66.4 Å². The molecule has 1 heterocycles. The SMILES string of the molecule is O=C(CSc1nnc(Cc2ccccc2)n1-c1ccccc1)Nc1cccc(C(=O)O)c1. The van der Waals surface area contributed by atoms with E-state index < -0.39 is 5.97 Å². The van der Waals surface area contributed by atoms with Crippen LogP contribution in [0.4, 0.5) is 5.69 Å². The van der Waals surface area contributed by atoms with E-state index in [2.05, 4.69) is 15.5 Å². The zero-order valence-corrected chi connectivity index (χ0v) is 17.8. The fourth-order valence-electron chi connectivity index (χ4n) is 3.18. The number of carbonyl (C=O) groups excluding carboxylic acids is 1. The van der Waals surface area contributed by atoms with E-state index in [1.165, 1.54) is 23.9 Å². The summed E-state index contributed by atoms with van der Waals surface area (Å²) in [5.41, 5.74) is 2.58. The minimum absolute atomic E-state index is 0.105. The van der Waals surface area contributed by atoms with Gasteiger partial charge in [-0.15, -0.1) is 10.2 Å². The highest BCUT2D eigenvalue weighted by atomic mass is 32.2. The Bertz CT molecular complexity index is 1230. The van der Waals surface area contributed by atoms with E-state index in [1.54, 1.807) is 12.1 Å². The second-order valence-electron chi connectivity index (χ2n) is 6.95. The monoisotopic (exact) mass is 444 g/mol. The van der Waals surface area contributed by atoms with E-state index in [9.17, 15) is 9.59 Å². The molecule has 1 aromatic heterocycles. The van der Waals surface area contributed by atoms with Gasteiger partial charge in [-0.05, 0) is 35.9 Å². The molecule has 0 aliphatic carbocycles. The van der Waals surface area contributed by atoms with Crippen LogP contribution in [0.1, 0.15) is 21.7 Å². The Morgan fingerprint density at radius 2 is 1.62 bits per heavy atom. The topological polar surface area (TPSA) is 97.1 Å². The number of nitrogens with one attached hydrogen (secondary N) is 1. The van der Waals surface area contributed by atoms with Gasteiger partial charge in [-0.3, -0.25) is 9.36 Å². The van der Waals surface area contributed by atoms with E-state index in [0.717, 1.165) is 17.1 Å².